The zero-order chi connectivity index (χ0) is 12.6. The van der Waals surface area contributed by atoms with E-state index in [-0.39, 0.29) is 5.92 Å². The minimum atomic E-state index is 0.153. The molecule has 2 nitrogen and oxygen atoms in total. The first-order chi connectivity index (χ1) is 8.06. The molecule has 1 aromatic rings. The van der Waals surface area contributed by atoms with Crippen molar-refractivity contribution in [3.63, 3.8) is 0 Å². The van der Waals surface area contributed by atoms with Crippen molar-refractivity contribution in [2.24, 2.45) is 5.92 Å². The average molecular weight is 232 g/mol. The van der Waals surface area contributed by atoms with Crippen LogP contribution in [0.25, 0.3) is 0 Å². The molecule has 1 atom stereocenters. The lowest BCUT2D eigenvalue weighted by atomic mass is 9.92. The van der Waals surface area contributed by atoms with E-state index in [1.807, 2.05) is 6.92 Å². The highest BCUT2D eigenvalue weighted by atomic mass is 16.5. The maximum absolute atomic E-state index is 12.1. The standard InChI is InChI=1S/C15H20O2/c1-9-7-12-8-10(2)15(16)14(12)11(3)13(9)5-6-17-4/h7,10H,5-6,8H2,1-4H3/t10-/m0/s1. The van der Waals surface area contributed by atoms with Crippen molar-refractivity contribution in [1.82, 2.24) is 0 Å². The average Bonchev–Trinajstić information content (AvgIpc) is 2.54. The number of ketones is 1. The van der Waals surface area contributed by atoms with Gasteiger partial charge in [0, 0.05) is 18.6 Å². The number of hydrogen-bond donors (Lipinski definition) is 0. The first kappa shape index (κ1) is 12.3. The highest BCUT2D eigenvalue weighted by Gasteiger charge is 2.29. The summed E-state index contributed by atoms with van der Waals surface area (Å²) in [7, 11) is 1.71. The minimum Gasteiger partial charge on any atom is -0.384 e. The van der Waals surface area contributed by atoms with Crippen molar-refractivity contribution in [3.05, 3.63) is 33.9 Å². The van der Waals surface area contributed by atoms with Crippen molar-refractivity contribution < 1.29 is 9.53 Å². The maximum Gasteiger partial charge on any atom is 0.166 e. The summed E-state index contributed by atoms with van der Waals surface area (Å²) in [6, 6.07) is 2.19. The van der Waals surface area contributed by atoms with Crippen molar-refractivity contribution >= 4 is 5.78 Å². The largest absolute Gasteiger partial charge is 0.384 e. The molecule has 1 aliphatic carbocycles. The Balaban J connectivity index is 2.48. The summed E-state index contributed by atoms with van der Waals surface area (Å²) < 4.78 is 5.14. The highest BCUT2D eigenvalue weighted by molar-refractivity contribution is 6.03. The van der Waals surface area contributed by atoms with Crippen molar-refractivity contribution in [3.8, 4) is 0 Å². The predicted octanol–water partition coefficient (Wildman–Crippen LogP) is 2.87. The van der Waals surface area contributed by atoms with Crippen molar-refractivity contribution in [2.45, 2.75) is 33.6 Å². The molecular formula is C15H20O2. The van der Waals surface area contributed by atoms with E-state index in [9.17, 15) is 4.79 Å². The summed E-state index contributed by atoms with van der Waals surface area (Å²) in [6.07, 6.45) is 1.80. The molecule has 0 fully saturated rings. The van der Waals surface area contributed by atoms with Crippen LogP contribution in [0.15, 0.2) is 6.07 Å². The third kappa shape index (κ3) is 2.02. The first-order valence-corrected chi connectivity index (χ1v) is 6.21. The molecule has 1 aromatic carbocycles. The molecule has 0 N–H and O–H groups in total. The van der Waals surface area contributed by atoms with Crippen LogP contribution in [-0.4, -0.2) is 19.5 Å². The first-order valence-electron chi connectivity index (χ1n) is 6.21. The van der Waals surface area contributed by atoms with Crippen LogP contribution in [0.3, 0.4) is 0 Å². The molecule has 0 radical (unpaired) electrons. The number of ether oxygens (including phenoxy) is 1. The Morgan fingerprint density at radius 1 is 1.41 bits per heavy atom. The van der Waals surface area contributed by atoms with E-state index in [1.165, 1.54) is 22.3 Å². The maximum atomic E-state index is 12.1. The Kier molecular flexibility index (Phi) is 3.34. The van der Waals surface area contributed by atoms with Gasteiger partial charge in [-0.05, 0) is 48.9 Å². The van der Waals surface area contributed by atoms with E-state index >= 15 is 0 Å². The number of aryl methyl sites for hydroxylation is 1. The van der Waals surface area contributed by atoms with Crippen LogP contribution < -0.4 is 0 Å². The molecule has 0 amide bonds. The molecule has 0 aliphatic heterocycles. The van der Waals surface area contributed by atoms with Crippen molar-refractivity contribution in [2.75, 3.05) is 13.7 Å². The number of carbonyl (C=O) groups excluding carboxylic acids is 1. The second-order valence-corrected chi connectivity index (χ2v) is 5.04. The van der Waals surface area contributed by atoms with Crippen molar-refractivity contribution in [1.29, 1.82) is 0 Å². The molecule has 0 saturated carbocycles. The van der Waals surface area contributed by atoms with Gasteiger partial charge in [0.15, 0.2) is 5.78 Å². The number of hydrogen-bond acceptors (Lipinski definition) is 2. The van der Waals surface area contributed by atoms with Crippen LogP contribution in [0.1, 0.15) is 39.5 Å². The van der Waals surface area contributed by atoms with E-state index in [1.54, 1.807) is 7.11 Å². The lowest BCUT2D eigenvalue weighted by Gasteiger charge is -2.13. The summed E-state index contributed by atoms with van der Waals surface area (Å²) in [5.74, 6) is 0.469. The molecule has 0 bridgehead atoms. The summed E-state index contributed by atoms with van der Waals surface area (Å²) in [4.78, 5) is 12.1. The molecule has 0 spiro atoms. The number of methoxy groups -OCH3 is 1. The summed E-state index contributed by atoms with van der Waals surface area (Å²) in [6.45, 7) is 6.94. The Bertz CT molecular complexity index is 460. The second kappa shape index (κ2) is 4.61. The molecule has 17 heavy (non-hydrogen) atoms. The quantitative estimate of drug-likeness (QED) is 0.801. The Morgan fingerprint density at radius 3 is 2.76 bits per heavy atom. The fourth-order valence-corrected chi connectivity index (χ4v) is 2.87. The van der Waals surface area contributed by atoms with Gasteiger partial charge >= 0.3 is 0 Å². The van der Waals surface area contributed by atoms with Gasteiger partial charge in [-0.15, -0.1) is 0 Å². The van der Waals surface area contributed by atoms with E-state index in [4.69, 9.17) is 4.74 Å². The van der Waals surface area contributed by atoms with Crippen LogP contribution in [-0.2, 0) is 17.6 Å². The van der Waals surface area contributed by atoms with Crippen LogP contribution in [0.5, 0.6) is 0 Å². The zero-order valence-corrected chi connectivity index (χ0v) is 11.1. The molecule has 2 heteroatoms. The normalized spacial score (nSPS) is 18.6. The van der Waals surface area contributed by atoms with Crippen LogP contribution >= 0.6 is 0 Å². The zero-order valence-electron chi connectivity index (χ0n) is 11.1. The molecule has 92 valence electrons. The van der Waals surface area contributed by atoms with Gasteiger partial charge < -0.3 is 4.74 Å². The van der Waals surface area contributed by atoms with Gasteiger partial charge in [-0.3, -0.25) is 4.79 Å². The van der Waals surface area contributed by atoms with Crippen LogP contribution in [0.4, 0.5) is 0 Å². The third-order valence-corrected chi connectivity index (χ3v) is 3.79. The van der Waals surface area contributed by atoms with Gasteiger partial charge in [-0.25, -0.2) is 0 Å². The molecule has 0 aromatic heterocycles. The van der Waals surface area contributed by atoms with E-state index in [0.29, 0.717) is 12.4 Å². The minimum absolute atomic E-state index is 0.153. The van der Waals surface area contributed by atoms with Crippen LogP contribution in [0, 0.1) is 19.8 Å². The van der Waals surface area contributed by atoms with E-state index in [2.05, 4.69) is 19.9 Å². The number of rotatable bonds is 3. The Labute approximate surface area is 103 Å². The predicted molar refractivity (Wildman–Crippen MR) is 68.7 cm³/mol. The van der Waals surface area contributed by atoms with Gasteiger partial charge in [0.2, 0.25) is 0 Å². The van der Waals surface area contributed by atoms with E-state index in [0.717, 1.165) is 18.4 Å². The summed E-state index contributed by atoms with van der Waals surface area (Å²) in [5.41, 5.74) is 5.97. The molecular weight excluding hydrogens is 212 g/mol. The fourth-order valence-electron chi connectivity index (χ4n) is 2.87. The van der Waals surface area contributed by atoms with Gasteiger partial charge in [0.1, 0.15) is 0 Å². The topological polar surface area (TPSA) is 26.3 Å². The van der Waals surface area contributed by atoms with Gasteiger partial charge in [0.05, 0.1) is 6.61 Å². The Hall–Kier alpha value is -1.15. The lowest BCUT2D eigenvalue weighted by Crippen LogP contribution is -2.08. The number of benzene rings is 1. The smallest absolute Gasteiger partial charge is 0.166 e. The Morgan fingerprint density at radius 2 is 2.12 bits per heavy atom. The number of Topliss-reactive ketones (excluding diaryl/α,β-unsaturated/α-hetero) is 1. The number of carbonyl (C=O) groups is 1. The molecule has 0 saturated heterocycles. The van der Waals surface area contributed by atoms with Crippen LogP contribution in [0.2, 0.25) is 0 Å². The highest BCUT2D eigenvalue weighted by Crippen LogP contribution is 2.32. The lowest BCUT2D eigenvalue weighted by molar-refractivity contribution is 0.0945. The fraction of sp³-hybridized carbons (Fsp3) is 0.533. The monoisotopic (exact) mass is 232 g/mol. The molecule has 2 rings (SSSR count). The third-order valence-electron chi connectivity index (χ3n) is 3.79. The SMILES string of the molecule is COCCc1c(C)cc2c(c1C)C(=O)[C@@H](C)C2. The van der Waals surface area contributed by atoms with Gasteiger partial charge in [0.25, 0.3) is 0 Å². The number of fused-ring (bicyclic) bond motifs is 1. The van der Waals surface area contributed by atoms with Gasteiger partial charge in [-0.1, -0.05) is 13.0 Å². The summed E-state index contributed by atoms with van der Waals surface area (Å²) in [5, 5.41) is 0. The van der Waals surface area contributed by atoms with E-state index < -0.39 is 0 Å². The molecule has 0 heterocycles. The molecule has 1 aliphatic rings. The summed E-state index contributed by atoms with van der Waals surface area (Å²) >= 11 is 0. The second-order valence-electron chi connectivity index (χ2n) is 5.04. The van der Waals surface area contributed by atoms with Gasteiger partial charge in [-0.2, -0.15) is 0 Å². The molecule has 0 unspecified atom stereocenters.